The van der Waals surface area contributed by atoms with Crippen LogP contribution >= 0.6 is 0 Å². The molecular formula is C15H16N2O. The Labute approximate surface area is 107 Å². The molecule has 0 spiro atoms. The maximum Gasteiger partial charge on any atom is 0.212 e. The molecule has 18 heavy (non-hydrogen) atoms. The second kappa shape index (κ2) is 4.69. The number of aromatic nitrogens is 2. The number of rotatable bonds is 2. The fourth-order valence-electron chi connectivity index (χ4n) is 1.69. The molecule has 3 nitrogen and oxygen atoms in total. The van der Waals surface area contributed by atoms with Crippen LogP contribution < -0.4 is 0 Å². The van der Waals surface area contributed by atoms with Crippen LogP contribution in [0.5, 0.6) is 0 Å². The molecule has 0 fully saturated rings. The van der Waals surface area contributed by atoms with Gasteiger partial charge in [0.05, 0.1) is 6.20 Å². The van der Waals surface area contributed by atoms with E-state index in [1.807, 2.05) is 24.3 Å². The smallest absolute Gasteiger partial charge is 0.212 e. The van der Waals surface area contributed by atoms with Gasteiger partial charge in [-0.2, -0.15) is 0 Å². The van der Waals surface area contributed by atoms with Crippen LogP contribution in [0.25, 0.3) is 0 Å². The number of carbonyl (C=O) groups is 1. The van der Waals surface area contributed by atoms with Crippen molar-refractivity contribution < 1.29 is 4.79 Å². The van der Waals surface area contributed by atoms with Gasteiger partial charge in [0.15, 0.2) is 0 Å². The van der Waals surface area contributed by atoms with Crippen molar-refractivity contribution in [3.05, 3.63) is 59.7 Å². The largest absolute Gasteiger partial charge is 0.287 e. The average Bonchev–Trinajstić information content (AvgIpc) is 2.38. The van der Waals surface area contributed by atoms with Crippen molar-refractivity contribution in [1.29, 1.82) is 0 Å². The number of carbonyl (C=O) groups excluding carboxylic acids is 1. The van der Waals surface area contributed by atoms with Crippen LogP contribution in [0.4, 0.5) is 0 Å². The third-order valence-electron chi connectivity index (χ3n) is 2.81. The summed E-state index contributed by atoms with van der Waals surface area (Å²) in [6, 6.07) is 7.67. The zero-order valence-electron chi connectivity index (χ0n) is 10.8. The Morgan fingerprint density at radius 2 is 1.72 bits per heavy atom. The first-order valence-electron chi connectivity index (χ1n) is 5.90. The topological polar surface area (TPSA) is 42.9 Å². The summed E-state index contributed by atoms with van der Waals surface area (Å²) in [6.07, 6.45) is 4.57. The number of hydrogen-bond acceptors (Lipinski definition) is 3. The zero-order chi connectivity index (χ0) is 13.2. The number of nitrogens with zero attached hydrogens (tertiary/aromatic N) is 2. The molecule has 0 aliphatic rings. The van der Waals surface area contributed by atoms with Gasteiger partial charge in [-0.05, 0) is 11.0 Å². The van der Waals surface area contributed by atoms with Gasteiger partial charge >= 0.3 is 0 Å². The van der Waals surface area contributed by atoms with E-state index in [1.165, 1.54) is 18.0 Å². The molecule has 1 heterocycles. The van der Waals surface area contributed by atoms with E-state index in [1.54, 1.807) is 6.20 Å². The first kappa shape index (κ1) is 12.4. The van der Waals surface area contributed by atoms with Gasteiger partial charge in [0.2, 0.25) is 5.78 Å². The monoisotopic (exact) mass is 240 g/mol. The molecule has 0 aliphatic carbocycles. The third kappa shape index (κ3) is 2.62. The lowest BCUT2D eigenvalue weighted by Crippen LogP contribution is -2.11. The molecule has 0 saturated carbocycles. The maximum atomic E-state index is 12.1. The van der Waals surface area contributed by atoms with E-state index >= 15 is 0 Å². The predicted molar refractivity (Wildman–Crippen MR) is 70.6 cm³/mol. The molecule has 3 heteroatoms. The Morgan fingerprint density at radius 3 is 2.22 bits per heavy atom. The lowest BCUT2D eigenvalue weighted by Gasteiger charge is -2.18. The molecule has 0 radical (unpaired) electrons. The lowest BCUT2D eigenvalue weighted by molar-refractivity contribution is 0.103. The van der Waals surface area contributed by atoms with Crippen molar-refractivity contribution in [2.24, 2.45) is 0 Å². The Balaban J connectivity index is 2.28. The molecule has 2 rings (SSSR count). The molecule has 92 valence electrons. The summed E-state index contributed by atoms with van der Waals surface area (Å²) in [5.74, 6) is -0.0939. The summed E-state index contributed by atoms with van der Waals surface area (Å²) >= 11 is 0. The zero-order valence-corrected chi connectivity index (χ0v) is 10.8. The summed E-state index contributed by atoms with van der Waals surface area (Å²) < 4.78 is 0. The predicted octanol–water partition coefficient (Wildman–Crippen LogP) is 3.01. The van der Waals surface area contributed by atoms with Gasteiger partial charge in [-0.15, -0.1) is 0 Å². The Hall–Kier alpha value is -2.03. The van der Waals surface area contributed by atoms with Crippen LogP contribution in [-0.4, -0.2) is 15.8 Å². The Bertz CT molecular complexity index is 539. The van der Waals surface area contributed by atoms with Crippen LogP contribution in [-0.2, 0) is 5.41 Å². The number of benzene rings is 1. The maximum absolute atomic E-state index is 12.1. The van der Waals surface area contributed by atoms with Crippen LogP contribution in [0, 0.1) is 0 Å². The molecule has 0 unspecified atom stereocenters. The van der Waals surface area contributed by atoms with Crippen molar-refractivity contribution in [1.82, 2.24) is 9.97 Å². The van der Waals surface area contributed by atoms with Crippen molar-refractivity contribution in [2.75, 3.05) is 0 Å². The van der Waals surface area contributed by atoms with E-state index in [2.05, 4.69) is 30.7 Å². The highest BCUT2D eigenvalue weighted by molar-refractivity contribution is 6.07. The standard InChI is InChI=1S/C15H16N2O/c1-15(2,3)12-6-4-11(5-7-12)14(18)13-10-16-8-9-17-13/h4-10H,1-3H3. The molecule has 0 N–H and O–H groups in total. The van der Waals surface area contributed by atoms with Crippen molar-refractivity contribution in [2.45, 2.75) is 26.2 Å². The van der Waals surface area contributed by atoms with Crippen LogP contribution in [0.3, 0.4) is 0 Å². The second-order valence-electron chi connectivity index (χ2n) is 5.25. The minimum absolute atomic E-state index is 0.0914. The molecule has 0 atom stereocenters. The quantitative estimate of drug-likeness (QED) is 0.758. The molecule has 1 aromatic heterocycles. The van der Waals surface area contributed by atoms with Crippen LogP contribution in [0.1, 0.15) is 42.4 Å². The van der Waals surface area contributed by atoms with Crippen molar-refractivity contribution in [3.63, 3.8) is 0 Å². The first-order chi connectivity index (χ1) is 8.48. The van der Waals surface area contributed by atoms with E-state index in [9.17, 15) is 4.79 Å². The Morgan fingerprint density at radius 1 is 1.06 bits per heavy atom. The van der Waals surface area contributed by atoms with Gasteiger partial charge in [0.25, 0.3) is 0 Å². The molecule has 0 aliphatic heterocycles. The van der Waals surface area contributed by atoms with Crippen molar-refractivity contribution in [3.8, 4) is 0 Å². The fourth-order valence-corrected chi connectivity index (χ4v) is 1.69. The van der Waals surface area contributed by atoms with E-state index < -0.39 is 0 Å². The molecular weight excluding hydrogens is 224 g/mol. The highest BCUT2D eigenvalue weighted by Crippen LogP contribution is 2.22. The normalized spacial score (nSPS) is 11.3. The molecule has 0 amide bonds. The summed E-state index contributed by atoms with van der Waals surface area (Å²) in [6.45, 7) is 6.44. The van der Waals surface area contributed by atoms with E-state index in [0.29, 0.717) is 11.3 Å². The second-order valence-corrected chi connectivity index (χ2v) is 5.25. The van der Waals surface area contributed by atoms with E-state index in [4.69, 9.17) is 0 Å². The lowest BCUT2D eigenvalue weighted by atomic mass is 9.86. The van der Waals surface area contributed by atoms with Crippen LogP contribution in [0.15, 0.2) is 42.9 Å². The molecule has 0 bridgehead atoms. The Kier molecular flexibility index (Phi) is 3.24. The summed E-state index contributed by atoms with van der Waals surface area (Å²) in [5.41, 5.74) is 2.32. The minimum atomic E-state index is -0.0939. The fraction of sp³-hybridized carbons (Fsp3) is 0.267. The SMILES string of the molecule is CC(C)(C)c1ccc(C(=O)c2cnccn2)cc1. The highest BCUT2D eigenvalue weighted by atomic mass is 16.1. The van der Waals surface area contributed by atoms with Gasteiger partial charge in [-0.3, -0.25) is 9.78 Å². The van der Waals surface area contributed by atoms with Gasteiger partial charge in [0, 0.05) is 18.0 Å². The van der Waals surface area contributed by atoms with Gasteiger partial charge < -0.3 is 0 Å². The number of hydrogen-bond donors (Lipinski definition) is 0. The highest BCUT2D eigenvalue weighted by Gasteiger charge is 2.15. The molecule has 2 aromatic rings. The third-order valence-corrected chi connectivity index (χ3v) is 2.81. The summed E-state index contributed by atoms with van der Waals surface area (Å²) in [7, 11) is 0. The van der Waals surface area contributed by atoms with Gasteiger partial charge in [-0.25, -0.2) is 4.98 Å². The van der Waals surface area contributed by atoms with E-state index in [-0.39, 0.29) is 11.2 Å². The summed E-state index contributed by atoms with van der Waals surface area (Å²) in [5, 5.41) is 0. The first-order valence-corrected chi connectivity index (χ1v) is 5.90. The van der Waals surface area contributed by atoms with Gasteiger partial charge in [0.1, 0.15) is 5.69 Å². The molecule has 1 aromatic carbocycles. The number of ketones is 1. The minimum Gasteiger partial charge on any atom is -0.287 e. The van der Waals surface area contributed by atoms with E-state index in [0.717, 1.165) is 0 Å². The van der Waals surface area contributed by atoms with Crippen molar-refractivity contribution >= 4 is 5.78 Å². The average molecular weight is 240 g/mol. The molecule has 0 saturated heterocycles. The van der Waals surface area contributed by atoms with Gasteiger partial charge in [-0.1, -0.05) is 45.0 Å². The van der Waals surface area contributed by atoms with Crippen LogP contribution in [0.2, 0.25) is 0 Å². The summed E-state index contributed by atoms with van der Waals surface area (Å²) in [4.78, 5) is 20.0.